The number of rotatable bonds is 2. The SMILES string of the molecule is CC[C@H]1CCC[C@](C)(C(=O)O)C1. The molecule has 1 aliphatic carbocycles. The van der Waals surface area contributed by atoms with E-state index in [0.717, 1.165) is 25.7 Å². The van der Waals surface area contributed by atoms with Crippen LogP contribution in [-0.4, -0.2) is 11.1 Å². The first kappa shape index (κ1) is 9.56. The Balaban J connectivity index is 2.61. The lowest BCUT2D eigenvalue weighted by Gasteiger charge is -2.34. The van der Waals surface area contributed by atoms with Crippen molar-refractivity contribution in [2.24, 2.45) is 11.3 Å². The first-order valence-corrected chi connectivity index (χ1v) is 4.82. The van der Waals surface area contributed by atoms with Crippen molar-refractivity contribution in [2.45, 2.75) is 46.0 Å². The van der Waals surface area contributed by atoms with Gasteiger partial charge in [0.15, 0.2) is 0 Å². The van der Waals surface area contributed by atoms with Gasteiger partial charge in [-0.15, -0.1) is 0 Å². The summed E-state index contributed by atoms with van der Waals surface area (Å²) in [4.78, 5) is 10.9. The summed E-state index contributed by atoms with van der Waals surface area (Å²) < 4.78 is 0. The van der Waals surface area contributed by atoms with Crippen LogP contribution >= 0.6 is 0 Å². The minimum atomic E-state index is -0.611. The van der Waals surface area contributed by atoms with Crippen LogP contribution in [0.4, 0.5) is 0 Å². The van der Waals surface area contributed by atoms with Crippen LogP contribution in [0, 0.1) is 11.3 Å². The van der Waals surface area contributed by atoms with Crippen molar-refractivity contribution in [1.29, 1.82) is 0 Å². The van der Waals surface area contributed by atoms with Gasteiger partial charge in [-0.3, -0.25) is 4.79 Å². The highest BCUT2D eigenvalue weighted by Gasteiger charge is 2.37. The second kappa shape index (κ2) is 3.46. The minimum absolute atomic E-state index is 0.432. The summed E-state index contributed by atoms with van der Waals surface area (Å²) in [5.41, 5.74) is -0.432. The van der Waals surface area contributed by atoms with Gasteiger partial charge < -0.3 is 5.11 Å². The number of aliphatic carboxylic acids is 1. The molecule has 0 aromatic carbocycles. The lowest BCUT2D eigenvalue weighted by Crippen LogP contribution is -2.33. The Hall–Kier alpha value is -0.530. The number of carboxylic acid groups (broad SMARTS) is 1. The number of hydrogen-bond donors (Lipinski definition) is 1. The van der Waals surface area contributed by atoms with E-state index in [4.69, 9.17) is 5.11 Å². The molecular formula is C10H18O2. The fraction of sp³-hybridized carbons (Fsp3) is 0.900. The molecule has 2 nitrogen and oxygen atoms in total. The Morgan fingerprint density at radius 1 is 1.67 bits per heavy atom. The zero-order chi connectivity index (χ0) is 9.19. The average molecular weight is 170 g/mol. The molecule has 1 aliphatic rings. The van der Waals surface area contributed by atoms with Crippen LogP contribution < -0.4 is 0 Å². The van der Waals surface area contributed by atoms with Crippen molar-refractivity contribution in [1.82, 2.24) is 0 Å². The first-order chi connectivity index (χ1) is 5.58. The molecule has 1 rings (SSSR count). The van der Waals surface area contributed by atoms with Crippen molar-refractivity contribution >= 4 is 5.97 Å². The third-order valence-corrected chi connectivity index (χ3v) is 3.17. The van der Waals surface area contributed by atoms with E-state index in [-0.39, 0.29) is 0 Å². The monoisotopic (exact) mass is 170 g/mol. The topological polar surface area (TPSA) is 37.3 Å². The quantitative estimate of drug-likeness (QED) is 0.691. The third kappa shape index (κ3) is 1.79. The molecule has 12 heavy (non-hydrogen) atoms. The smallest absolute Gasteiger partial charge is 0.309 e. The molecule has 0 saturated heterocycles. The van der Waals surface area contributed by atoms with E-state index >= 15 is 0 Å². The number of carbonyl (C=O) groups is 1. The predicted octanol–water partition coefficient (Wildman–Crippen LogP) is 2.68. The summed E-state index contributed by atoms with van der Waals surface area (Å²) in [5, 5.41) is 9.01. The Labute approximate surface area is 74.0 Å². The van der Waals surface area contributed by atoms with Gasteiger partial charge >= 0.3 is 5.97 Å². The van der Waals surface area contributed by atoms with E-state index in [1.807, 2.05) is 6.92 Å². The van der Waals surface area contributed by atoms with Crippen LogP contribution in [-0.2, 0) is 4.79 Å². The Morgan fingerprint density at radius 2 is 2.33 bits per heavy atom. The molecule has 70 valence electrons. The van der Waals surface area contributed by atoms with Crippen molar-refractivity contribution < 1.29 is 9.90 Å². The summed E-state index contributed by atoms with van der Waals surface area (Å²) >= 11 is 0. The van der Waals surface area contributed by atoms with Crippen molar-refractivity contribution in [2.75, 3.05) is 0 Å². The van der Waals surface area contributed by atoms with E-state index in [1.165, 1.54) is 6.42 Å². The molecule has 2 atom stereocenters. The molecule has 1 N–H and O–H groups in total. The van der Waals surface area contributed by atoms with Crippen LogP contribution in [0.15, 0.2) is 0 Å². The van der Waals surface area contributed by atoms with E-state index in [9.17, 15) is 4.79 Å². The number of hydrogen-bond acceptors (Lipinski definition) is 1. The molecule has 0 spiro atoms. The molecule has 1 fully saturated rings. The molecule has 0 aliphatic heterocycles. The molecule has 1 saturated carbocycles. The second-order valence-corrected chi connectivity index (χ2v) is 4.24. The van der Waals surface area contributed by atoms with E-state index in [2.05, 4.69) is 6.92 Å². The molecule has 0 amide bonds. The molecule has 0 radical (unpaired) electrons. The second-order valence-electron chi connectivity index (χ2n) is 4.24. The van der Waals surface area contributed by atoms with Crippen molar-refractivity contribution in [3.63, 3.8) is 0 Å². The van der Waals surface area contributed by atoms with Gasteiger partial charge in [0.05, 0.1) is 5.41 Å². The Bertz CT molecular complexity index is 177. The minimum Gasteiger partial charge on any atom is -0.481 e. The van der Waals surface area contributed by atoms with E-state index in [0.29, 0.717) is 5.92 Å². The zero-order valence-corrected chi connectivity index (χ0v) is 7.97. The van der Waals surface area contributed by atoms with Gasteiger partial charge in [-0.2, -0.15) is 0 Å². The van der Waals surface area contributed by atoms with Gasteiger partial charge in [0.2, 0.25) is 0 Å². The maximum atomic E-state index is 10.9. The van der Waals surface area contributed by atoms with E-state index < -0.39 is 11.4 Å². The highest BCUT2D eigenvalue weighted by Crippen LogP contribution is 2.40. The highest BCUT2D eigenvalue weighted by molar-refractivity contribution is 5.74. The van der Waals surface area contributed by atoms with Gasteiger partial charge in [-0.1, -0.05) is 26.2 Å². The maximum absolute atomic E-state index is 10.9. The van der Waals surface area contributed by atoms with Gasteiger partial charge in [0.25, 0.3) is 0 Å². The summed E-state index contributed by atoms with van der Waals surface area (Å²) in [6, 6.07) is 0. The molecular weight excluding hydrogens is 152 g/mol. The fourth-order valence-corrected chi connectivity index (χ4v) is 2.16. The first-order valence-electron chi connectivity index (χ1n) is 4.82. The molecule has 0 heterocycles. The summed E-state index contributed by atoms with van der Waals surface area (Å²) in [6.45, 7) is 4.04. The fourth-order valence-electron chi connectivity index (χ4n) is 2.16. The van der Waals surface area contributed by atoms with Crippen molar-refractivity contribution in [3.05, 3.63) is 0 Å². The van der Waals surface area contributed by atoms with Crippen LogP contribution in [0.2, 0.25) is 0 Å². The maximum Gasteiger partial charge on any atom is 0.309 e. The van der Waals surface area contributed by atoms with Gasteiger partial charge in [-0.25, -0.2) is 0 Å². The van der Waals surface area contributed by atoms with Crippen molar-refractivity contribution in [3.8, 4) is 0 Å². The molecule has 0 bridgehead atoms. The number of carboxylic acids is 1. The zero-order valence-electron chi connectivity index (χ0n) is 7.97. The van der Waals surface area contributed by atoms with E-state index in [1.54, 1.807) is 0 Å². The van der Waals surface area contributed by atoms with Gasteiger partial charge in [-0.05, 0) is 25.7 Å². The predicted molar refractivity (Wildman–Crippen MR) is 48.0 cm³/mol. The van der Waals surface area contributed by atoms with Crippen LogP contribution in [0.5, 0.6) is 0 Å². The lowest BCUT2D eigenvalue weighted by atomic mass is 9.70. The molecule has 2 heteroatoms. The lowest BCUT2D eigenvalue weighted by molar-refractivity contribution is -0.150. The molecule has 0 unspecified atom stereocenters. The summed E-state index contributed by atoms with van der Waals surface area (Å²) in [6.07, 6.45) is 5.17. The summed E-state index contributed by atoms with van der Waals surface area (Å²) in [7, 11) is 0. The third-order valence-electron chi connectivity index (χ3n) is 3.17. The molecule has 0 aromatic rings. The van der Waals surface area contributed by atoms with Gasteiger partial charge in [0.1, 0.15) is 0 Å². The van der Waals surface area contributed by atoms with Crippen LogP contribution in [0.1, 0.15) is 46.0 Å². The standard InChI is InChI=1S/C10H18O2/c1-3-8-5-4-6-10(2,7-8)9(11)12/h8H,3-7H2,1-2H3,(H,11,12)/t8-,10-/m0/s1. The average Bonchev–Trinajstić information content (AvgIpc) is 2.04. The van der Waals surface area contributed by atoms with Crippen LogP contribution in [0.25, 0.3) is 0 Å². The summed E-state index contributed by atoms with van der Waals surface area (Å²) in [5.74, 6) is 0.0282. The Kier molecular flexibility index (Phi) is 2.76. The molecule has 0 aromatic heterocycles. The highest BCUT2D eigenvalue weighted by atomic mass is 16.4. The van der Waals surface area contributed by atoms with Gasteiger partial charge in [0, 0.05) is 0 Å². The largest absolute Gasteiger partial charge is 0.481 e. The van der Waals surface area contributed by atoms with Crippen LogP contribution in [0.3, 0.4) is 0 Å². The normalized spacial score (nSPS) is 36.3. The Morgan fingerprint density at radius 3 is 2.83 bits per heavy atom.